The molecule has 6 nitrogen and oxygen atoms in total. The summed E-state index contributed by atoms with van der Waals surface area (Å²) in [7, 11) is 0. The van der Waals surface area contributed by atoms with Gasteiger partial charge in [0.2, 0.25) is 0 Å². The molecule has 2 atom stereocenters. The summed E-state index contributed by atoms with van der Waals surface area (Å²) < 4.78 is 4.79. The van der Waals surface area contributed by atoms with E-state index >= 15 is 0 Å². The second-order valence-electron chi connectivity index (χ2n) is 4.64. The van der Waals surface area contributed by atoms with E-state index in [9.17, 15) is 19.5 Å². The van der Waals surface area contributed by atoms with Crippen LogP contribution >= 0.6 is 0 Å². The molecule has 0 aliphatic heterocycles. The lowest BCUT2D eigenvalue weighted by Crippen LogP contribution is -2.45. The summed E-state index contributed by atoms with van der Waals surface area (Å²) in [6.45, 7) is 3.50. The van der Waals surface area contributed by atoms with Crippen molar-refractivity contribution in [3.63, 3.8) is 0 Å². The quantitative estimate of drug-likeness (QED) is 0.742. The maximum Gasteiger partial charge on any atom is 0.326 e. The Kier molecular flexibility index (Phi) is 6.39. The normalized spacial score (nSPS) is 13.0. The number of aliphatic carboxylic acids is 1. The third-order valence-electron chi connectivity index (χ3n) is 2.95. The Hall–Kier alpha value is -2.37. The molecule has 1 aromatic rings. The number of hydrogen-bond donors (Lipinski definition) is 2. The lowest BCUT2D eigenvalue weighted by molar-refractivity contribution is -0.145. The second kappa shape index (κ2) is 8.04. The maximum atomic E-state index is 12.0. The number of carbonyl (C=O) groups excluding carboxylic acids is 2. The molecule has 0 saturated heterocycles. The molecule has 0 fully saturated rings. The minimum Gasteiger partial charge on any atom is -0.480 e. The smallest absolute Gasteiger partial charge is 0.326 e. The zero-order chi connectivity index (χ0) is 15.8. The number of carboxylic acid groups (broad SMARTS) is 1. The predicted octanol–water partition coefficient (Wildman–Crippen LogP) is 1.46. The molecule has 0 aliphatic rings. The van der Waals surface area contributed by atoms with Crippen molar-refractivity contribution in [1.82, 2.24) is 5.32 Å². The molecule has 2 N–H and O–H groups in total. The maximum absolute atomic E-state index is 12.0. The molecule has 0 aromatic heterocycles. The van der Waals surface area contributed by atoms with E-state index in [1.54, 1.807) is 44.2 Å². The highest BCUT2D eigenvalue weighted by atomic mass is 16.5. The molecule has 0 spiro atoms. The van der Waals surface area contributed by atoms with Crippen molar-refractivity contribution in [2.45, 2.75) is 26.3 Å². The minimum atomic E-state index is -1.18. The summed E-state index contributed by atoms with van der Waals surface area (Å²) in [4.78, 5) is 34.7. The Morgan fingerprint density at radius 3 is 2.38 bits per heavy atom. The molecule has 0 bridgehead atoms. The standard InChI is InChI=1S/C15H19NO5/c1-3-21-12(17)9-10(2)13(15(19)20)16-14(18)11-7-5-4-6-8-11/h4-8,10,13H,3,9H2,1-2H3,(H,16,18)(H,19,20)/t10-,13+/m0/s1. The third kappa shape index (κ3) is 5.25. The van der Waals surface area contributed by atoms with Crippen LogP contribution in [0.5, 0.6) is 0 Å². The lowest BCUT2D eigenvalue weighted by atomic mass is 9.98. The molecule has 1 aromatic carbocycles. The van der Waals surface area contributed by atoms with Crippen LogP contribution < -0.4 is 5.32 Å². The summed E-state index contributed by atoms with van der Waals surface area (Å²) in [6.07, 6.45) is -0.0696. The minimum absolute atomic E-state index is 0.0696. The van der Waals surface area contributed by atoms with E-state index in [0.717, 1.165) is 0 Å². The topological polar surface area (TPSA) is 92.7 Å². The van der Waals surface area contributed by atoms with E-state index in [-0.39, 0.29) is 13.0 Å². The molecule has 6 heteroatoms. The molecule has 1 amide bonds. The first-order valence-corrected chi connectivity index (χ1v) is 6.70. The van der Waals surface area contributed by atoms with Gasteiger partial charge in [0.15, 0.2) is 0 Å². The average Bonchev–Trinajstić information content (AvgIpc) is 2.45. The van der Waals surface area contributed by atoms with Crippen LogP contribution in [-0.4, -0.2) is 35.6 Å². The van der Waals surface area contributed by atoms with E-state index in [4.69, 9.17) is 4.74 Å². The van der Waals surface area contributed by atoms with Crippen LogP contribution in [0, 0.1) is 5.92 Å². The van der Waals surface area contributed by atoms with Crippen LogP contribution in [0.2, 0.25) is 0 Å². The molecule has 1 rings (SSSR count). The molecule has 21 heavy (non-hydrogen) atoms. The highest BCUT2D eigenvalue weighted by Crippen LogP contribution is 2.11. The fourth-order valence-corrected chi connectivity index (χ4v) is 1.86. The molecule has 114 valence electrons. The van der Waals surface area contributed by atoms with Crippen molar-refractivity contribution in [1.29, 1.82) is 0 Å². The van der Waals surface area contributed by atoms with Gasteiger partial charge in [-0.05, 0) is 25.0 Å². The van der Waals surface area contributed by atoms with Gasteiger partial charge in [0, 0.05) is 5.56 Å². The highest BCUT2D eigenvalue weighted by Gasteiger charge is 2.28. The highest BCUT2D eigenvalue weighted by molar-refractivity contribution is 5.96. The number of esters is 1. The molecule has 0 unspecified atom stereocenters. The molecule has 0 saturated carbocycles. The van der Waals surface area contributed by atoms with Crippen LogP contribution in [0.1, 0.15) is 30.6 Å². The molecule has 0 aliphatic carbocycles. The summed E-state index contributed by atoms with van der Waals surface area (Å²) >= 11 is 0. The van der Waals surface area contributed by atoms with Crippen LogP contribution in [-0.2, 0) is 14.3 Å². The van der Waals surface area contributed by atoms with Gasteiger partial charge in [0.05, 0.1) is 13.0 Å². The van der Waals surface area contributed by atoms with Crippen LogP contribution in [0.4, 0.5) is 0 Å². The summed E-state index contributed by atoms with van der Waals surface area (Å²) in [6, 6.07) is 7.16. The number of hydrogen-bond acceptors (Lipinski definition) is 4. The molecular weight excluding hydrogens is 274 g/mol. The largest absolute Gasteiger partial charge is 0.480 e. The van der Waals surface area contributed by atoms with Gasteiger partial charge in [0.1, 0.15) is 6.04 Å². The van der Waals surface area contributed by atoms with Gasteiger partial charge in [-0.3, -0.25) is 9.59 Å². The second-order valence-corrected chi connectivity index (χ2v) is 4.64. The van der Waals surface area contributed by atoms with Gasteiger partial charge in [-0.15, -0.1) is 0 Å². The van der Waals surface area contributed by atoms with Gasteiger partial charge in [0.25, 0.3) is 5.91 Å². The van der Waals surface area contributed by atoms with Crippen LogP contribution in [0.3, 0.4) is 0 Å². The van der Waals surface area contributed by atoms with Crippen molar-refractivity contribution in [3.8, 4) is 0 Å². The number of nitrogens with one attached hydrogen (secondary N) is 1. The molecule has 0 radical (unpaired) electrons. The number of carboxylic acids is 1. The first-order valence-electron chi connectivity index (χ1n) is 6.70. The fraction of sp³-hybridized carbons (Fsp3) is 0.400. The third-order valence-corrected chi connectivity index (χ3v) is 2.95. The molecule has 0 heterocycles. The van der Waals surface area contributed by atoms with E-state index < -0.39 is 29.8 Å². The number of carbonyl (C=O) groups is 3. The summed E-state index contributed by atoms with van der Waals surface area (Å²) in [5.41, 5.74) is 0.368. The summed E-state index contributed by atoms with van der Waals surface area (Å²) in [5.74, 6) is -2.73. The Labute approximate surface area is 123 Å². The van der Waals surface area contributed by atoms with Crippen LogP contribution in [0.15, 0.2) is 30.3 Å². The lowest BCUT2D eigenvalue weighted by Gasteiger charge is -2.20. The van der Waals surface area contributed by atoms with Crippen molar-refractivity contribution >= 4 is 17.8 Å². The van der Waals surface area contributed by atoms with Gasteiger partial charge in [-0.25, -0.2) is 4.79 Å². The Balaban J connectivity index is 2.71. The van der Waals surface area contributed by atoms with Gasteiger partial charge in [-0.1, -0.05) is 25.1 Å². The predicted molar refractivity (Wildman–Crippen MR) is 75.7 cm³/mol. The number of ether oxygens (including phenoxy) is 1. The van der Waals surface area contributed by atoms with Crippen LogP contribution in [0.25, 0.3) is 0 Å². The van der Waals surface area contributed by atoms with E-state index in [1.807, 2.05) is 0 Å². The van der Waals surface area contributed by atoms with Gasteiger partial charge >= 0.3 is 11.9 Å². The fourth-order valence-electron chi connectivity index (χ4n) is 1.86. The zero-order valence-corrected chi connectivity index (χ0v) is 12.0. The number of amides is 1. The van der Waals surface area contributed by atoms with E-state index in [2.05, 4.69) is 5.32 Å². The Morgan fingerprint density at radius 1 is 1.24 bits per heavy atom. The summed E-state index contributed by atoms with van der Waals surface area (Å²) in [5, 5.41) is 11.6. The first kappa shape index (κ1) is 16.7. The van der Waals surface area contributed by atoms with Gasteiger partial charge in [-0.2, -0.15) is 0 Å². The SMILES string of the molecule is CCOC(=O)C[C@H](C)[C@@H](NC(=O)c1ccccc1)C(=O)O. The Morgan fingerprint density at radius 2 is 1.86 bits per heavy atom. The van der Waals surface area contributed by atoms with E-state index in [1.165, 1.54) is 0 Å². The monoisotopic (exact) mass is 293 g/mol. The van der Waals surface area contributed by atoms with Crippen molar-refractivity contribution in [3.05, 3.63) is 35.9 Å². The van der Waals surface area contributed by atoms with Gasteiger partial charge < -0.3 is 15.2 Å². The number of rotatable bonds is 7. The number of benzene rings is 1. The Bertz CT molecular complexity index is 500. The first-order chi connectivity index (χ1) is 9.95. The van der Waals surface area contributed by atoms with Crippen molar-refractivity contribution in [2.24, 2.45) is 5.92 Å². The van der Waals surface area contributed by atoms with Crippen molar-refractivity contribution in [2.75, 3.05) is 6.61 Å². The average molecular weight is 293 g/mol. The zero-order valence-electron chi connectivity index (χ0n) is 12.0. The van der Waals surface area contributed by atoms with E-state index in [0.29, 0.717) is 5.56 Å². The molecular formula is C15H19NO5. The van der Waals surface area contributed by atoms with Crippen molar-refractivity contribution < 1.29 is 24.2 Å².